The highest BCUT2D eigenvalue weighted by Crippen LogP contribution is 2.37. The first-order chi connectivity index (χ1) is 9.74. The molecule has 0 saturated carbocycles. The Kier molecular flexibility index (Phi) is 4.63. The zero-order chi connectivity index (χ0) is 15.6. The van der Waals surface area contributed by atoms with Gasteiger partial charge in [0.05, 0.1) is 11.8 Å². The van der Waals surface area contributed by atoms with Crippen molar-refractivity contribution < 1.29 is 18.3 Å². The molecule has 1 aromatic heterocycles. The number of halogens is 3. The second kappa shape index (κ2) is 6.11. The Balaban J connectivity index is 2.06. The van der Waals surface area contributed by atoms with E-state index in [2.05, 4.69) is 5.10 Å². The third-order valence-electron chi connectivity index (χ3n) is 3.00. The maximum absolute atomic E-state index is 12.2. The van der Waals surface area contributed by atoms with Crippen LogP contribution in [0, 0.1) is 6.92 Å². The highest BCUT2D eigenvalue weighted by atomic mass is 32.2. The summed E-state index contributed by atoms with van der Waals surface area (Å²) in [7, 11) is 1.79. The summed E-state index contributed by atoms with van der Waals surface area (Å²) in [6.07, 6.45) is -0.409. The van der Waals surface area contributed by atoms with Gasteiger partial charge in [-0.25, -0.2) is 0 Å². The molecule has 0 aliphatic heterocycles. The molecule has 0 aliphatic rings. The van der Waals surface area contributed by atoms with Crippen LogP contribution in [0.1, 0.15) is 23.1 Å². The minimum atomic E-state index is -4.30. The molecule has 0 aliphatic carbocycles. The summed E-state index contributed by atoms with van der Waals surface area (Å²) >= 11 is -0.165. The first kappa shape index (κ1) is 15.9. The molecule has 7 heteroatoms. The molecule has 0 bridgehead atoms. The largest absolute Gasteiger partial charge is 0.446 e. The van der Waals surface area contributed by atoms with Gasteiger partial charge in [-0.2, -0.15) is 18.3 Å². The van der Waals surface area contributed by atoms with E-state index in [1.165, 1.54) is 24.3 Å². The first-order valence-corrected chi connectivity index (χ1v) is 7.09. The first-order valence-electron chi connectivity index (χ1n) is 6.28. The average Bonchev–Trinajstić information content (AvgIpc) is 2.66. The molecule has 1 atom stereocenters. The van der Waals surface area contributed by atoms with Crippen molar-refractivity contribution in [1.29, 1.82) is 0 Å². The fourth-order valence-corrected chi connectivity index (χ4v) is 2.60. The topological polar surface area (TPSA) is 38.0 Å². The third-order valence-corrected chi connectivity index (χ3v) is 3.74. The number of aromatic nitrogens is 2. The maximum atomic E-state index is 12.2. The zero-order valence-corrected chi connectivity index (χ0v) is 12.4. The summed E-state index contributed by atoms with van der Waals surface area (Å²) in [4.78, 5) is 0.106. The van der Waals surface area contributed by atoms with Crippen LogP contribution in [0.15, 0.2) is 35.2 Å². The number of hydrogen-bond acceptors (Lipinski definition) is 3. The Hall–Kier alpha value is -1.47. The van der Waals surface area contributed by atoms with Crippen molar-refractivity contribution in [3.8, 4) is 0 Å². The summed E-state index contributed by atoms with van der Waals surface area (Å²) in [5.74, 6) is 0. The summed E-state index contributed by atoms with van der Waals surface area (Å²) in [5, 5.41) is 14.4. The molecule has 1 heterocycles. The average molecular weight is 316 g/mol. The van der Waals surface area contributed by atoms with E-state index in [1.54, 1.807) is 11.7 Å². The number of aryl methyl sites for hydroxylation is 2. The van der Waals surface area contributed by atoms with Gasteiger partial charge in [0.15, 0.2) is 0 Å². The molecule has 2 rings (SSSR count). The molecule has 21 heavy (non-hydrogen) atoms. The summed E-state index contributed by atoms with van der Waals surface area (Å²) in [5.41, 5.74) is -1.99. The minimum Gasteiger partial charge on any atom is -0.388 e. The highest BCUT2D eigenvalue weighted by Gasteiger charge is 2.29. The zero-order valence-electron chi connectivity index (χ0n) is 11.6. The Morgan fingerprint density at radius 3 is 2.38 bits per heavy atom. The highest BCUT2D eigenvalue weighted by molar-refractivity contribution is 8.00. The number of benzene rings is 1. The lowest BCUT2D eigenvalue weighted by Crippen LogP contribution is -2.06. The van der Waals surface area contributed by atoms with Crippen molar-refractivity contribution in [2.75, 3.05) is 0 Å². The van der Waals surface area contributed by atoms with E-state index < -0.39 is 11.6 Å². The van der Waals surface area contributed by atoms with Gasteiger partial charge in [0.25, 0.3) is 0 Å². The lowest BCUT2D eigenvalue weighted by atomic mass is 10.0. The van der Waals surface area contributed by atoms with Crippen LogP contribution in [0.2, 0.25) is 0 Å². The molecule has 1 N–H and O–H groups in total. The molecule has 114 valence electrons. The maximum Gasteiger partial charge on any atom is 0.446 e. The lowest BCUT2D eigenvalue weighted by molar-refractivity contribution is -0.0328. The molecule has 2 aromatic rings. The number of aliphatic hydroxyl groups excluding tert-OH is 1. The van der Waals surface area contributed by atoms with Gasteiger partial charge < -0.3 is 5.11 Å². The van der Waals surface area contributed by atoms with Gasteiger partial charge >= 0.3 is 5.51 Å². The van der Waals surface area contributed by atoms with Crippen LogP contribution in [-0.4, -0.2) is 20.4 Å². The number of hydrogen-bond donors (Lipinski definition) is 1. The van der Waals surface area contributed by atoms with Crippen molar-refractivity contribution in [2.45, 2.75) is 29.9 Å². The fraction of sp³-hybridized carbons (Fsp3) is 0.357. The predicted molar refractivity (Wildman–Crippen MR) is 75.0 cm³/mol. The van der Waals surface area contributed by atoms with Crippen molar-refractivity contribution in [1.82, 2.24) is 9.78 Å². The second-order valence-electron chi connectivity index (χ2n) is 4.74. The predicted octanol–water partition coefficient (Wildman–Crippen LogP) is 3.62. The van der Waals surface area contributed by atoms with Gasteiger partial charge in [-0.1, -0.05) is 12.1 Å². The Bertz CT molecular complexity index is 608. The smallest absolute Gasteiger partial charge is 0.388 e. The van der Waals surface area contributed by atoms with Gasteiger partial charge in [-0.15, -0.1) is 0 Å². The van der Waals surface area contributed by atoms with Crippen LogP contribution in [-0.2, 0) is 13.5 Å². The van der Waals surface area contributed by atoms with Gasteiger partial charge in [0.2, 0.25) is 0 Å². The Labute approximate surface area is 124 Å². The van der Waals surface area contributed by atoms with Gasteiger partial charge in [-0.05, 0) is 42.4 Å². The van der Waals surface area contributed by atoms with Crippen LogP contribution in [0.3, 0.4) is 0 Å². The fourth-order valence-electron chi connectivity index (χ4n) is 2.06. The van der Waals surface area contributed by atoms with Gasteiger partial charge in [0.1, 0.15) is 0 Å². The summed E-state index contributed by atoms with van der Waals surface area (Å²) < 4.78 is 38.4. The number of rotatable bonds is 4. The van der Waals surface area contributed by atoms with Crippen LogP contribution in [0.5, 0.6) is 0 Å². The van der Waals surface area contributed by atoms with Crippen molar-refractivity contribution in [3.63, 3.8) is 0 Å². The van der Waals surface area contributed by atoms with Crippen LogP contribution < -0.4 is 0 Å². The molecule has 0 fully saturated rings. The van der Waals surface area contributed by atoms with Crippen LogP contribution in [0.4, 0.5) is 13.2 Å². The van der Waals surface area contributed by atoms with E-state index in [0.717, 1.165) is 11.4 Å². The number of alkyl halides is 3. The Morgan fingerprint density at radius 1 is 1.29 bits per heavy atom. The van der Waals surface area contributed by atoms with E-state index in [9.17, 15) is 18.3 Å². The number of nitrogens with zero attached hydrogens (tertiary/aromatic N) is 2. The van der Waals surface area contributed by atoms with E-state index >= 15 is 0 Å². The number of thioether (sulfide) groups is 1. The lowest BCUT2D eigenvalue weighted by Gasteiger charge is -2.12. The molecular weight excluding hydrogens is 301 g/mol. The number of aliphatic hydroxyl groups is 1. The monoisotopic (exact) mass is 316 g/mol. The van der Waals surface area contributed by atoms with Gasteiger partial charge in [0, 0.05) is 24.1 Å². The molecule has 0 spiro atoms. The van der Waals surface area contributed by atoms with Crippen LogP contribution >= 0.6 is 11.8 Å². The normalized spacial score (nSPS) is 13.4. The minimum absolute atomic E-state index is 0.106. The molecule has 0 radical (unpaired) electrons. The molecule has 1 unspecified atom stereocenters. The molecular formula is C14H15F3N2OS. The Morgan fingerprint density at radius 2 is 1.90 bits per heavy atom. The standard InChI is InChI=1S/C14H15F3N2OS/c1-9-7-11(19(2)18-9)8-13(20)10-3-5-12(6-4-10)21-14(15,16)17/h3-7,13,20H,8H2,1-2H3. The summed E-state index contributed by atoms with van der Waals surface area (Å²) in [6, 6.07) is 7.64. The molecule has 3 nitrogen and oxygen atoms in total. The second-order valence-corrected chi connectivity index (χ2v) is 5.88. The van der Waals surface area contributed by atoms with Crippen LogP contribution in [0.25, 0.3) is 0 Å². The molecule has 0 amide bonds. The molecule has 1 aromatic carbocycles. The van der Waals surface area contributed by atoms with Crippen molar-refractivity contribution >= 4 is 11.8 Å². The third kappa shape index (κ3) is 4.50. The molecule has 0 saturated heterocycles. The summed E-state index contributed by atoms with van der Waals surface area (Å²) in [6.45, 7) is 1.86. The van der Waals surface area contributed by atoms with E-state index in [1.807, 2.05) is 13.0 Å². The van der Waals surface area contributed by atoms with E-state index in [0.29, 0.717) is 12.0 Å². The van der Waals surface area contributed by atoms with Crippen molar-refractivity contribution in [3.05, 3.63) is 47.3 Å². The van der Waals surface area contributed by atoms with Gasteiger partial charge in [-0.3, -0.25) is 4.68 Å². The SMILES string of the molecule is Cc1cc(CC(O)c2ccc(SC(F)(F)F)cc2)n(C)n1. The van der Waals surface area contributed by atoms with E-state index in [-0.39, 0.29) is 16.7 Å². The van der Waals surface area contributed by atoms with Crippen molar-refractivity contribution in [2.24, 2.45) is 7.05 Å². The van der Waals surface area contributed by atoms with E-state index in [4.69, 9.17) is 0 Å². The quantitative estimate of drug-likeness (QED) is 0.876.